The Balaban J connectivity index is 2.28. The van der Waals surface area contributed by atoms with Crippen molar-refractivity contribution in [3.8, 4) is 0 Å². The van der Waals surface area contributed by atoms with E-state index in [4.69, 9.17) is 9.47 Å². The minimum absolute atomic E-state index is 0.189. The molecule has 0 saturated carbocycles. The van der Waals surface area contributed by atoms with Gasteiger partial charge in [0.05, 0.1) is 25.4 Å². The molecule has 1 aliphatic heterocycles. The Kier molecular flexibility index (Phi) is 44.2. The fourth-order valence-corrected chi connectivity index (χ4v) is 8.42. The first-order valence-electron chi connectivity index (χ1n) is 27.7. The van der Waals surface area contributed by atoms with Crippen LogP contribution in [-0.4, -0.2) is 87.5 Å². The molecule has 1 saturated heterocycles. The van der Waals surface area contributed by atoms with Crippen LogP contribution in [0.3, 0.4) is 0 Å². The second-order valence-corrected chi connectivity index (χ2v) is 19.0. The first kappa shape index (κ1) is 62.6. The lowest BCUT2D eigenvalue weighted by Crippen LogP contribution is -2.60. The van der Waals surface area contributed by atoms with Gasteiger partial charge in [0.25, 0.3) is 0 Å². The first-order valence-corrected chi connectivity index (χ1v) is 27.7. The molecule has 0 spiro atoms. The lowest BCUT2D eigenvalue weighted by molar-refractivity contribution is -0.302. The molecule has 7 atom stereocenters. The number of unbranched alkanes of at least 4 members (excludes halogenated alkanes) is 26. The number of allylic oxidation sites excluding steroid dienone is 11. The highest BCUT2D eigenvalue weighted by Gasteiger charge is 2.44. The molecule has 1 heterocycles. The highest BCUT2D eigenvalue weighted by molar-refractivity contribution is 5.76. The van der Waals surface area contributed by atoms with Gasteiger partial charge in [-0.1, -0.05) is 234 Å². The minimum Gasteiger partial charge on any atom is -0.394 e. The average Bonchev–Trinajstić information content (AvgIpc) is 3.33. The number of aliphatic hydroxyl groups excluding tert-OH is 5. The number of aliphatic hydroxyl groups is 5. The van der Waals surface area contributed by atoms with Crippen molar-refractivity contribution in [2.45, 2.75) is 275 Å². The van der Waals surface area contributed by atoms with Crippen LogP contribution in [0.15, 0.2) is 72.9 Å². The van der Waals surface area contributed by atoms with E-state index in [0.29, 0.717) is 6.42 Å². The van der Waals surface area contributed by atoms with Gasteiger partial charge in [0.2, 0.25) is 5.91 Å². The quantitative estimate of drug-likeness (QED) is 0.0261. The molecule has 6 N–H and O–H groups in total. The number of hydrogen-bond acceptors (Lipinski definition) is 8. The zero-order chi connectivity index (χ0) is 48.7. The summed E-state index contributed by atoms with van der Waals surface area (Å²) in [6.07, 6.45) is 58.1. The lowest BCUT2D eigenvalue weighted by atomic mass is 9.99. The van der Waals surface area contributed by atoms with E-state index < -0.39 is 49.5 Å². The maximum atomic E-state index is 13.0. The molecule has 0 aliphatic carbocycles. The fourth-order valence-electron chi connectivity index (χ4n) is 8.42. The highest BCUT2D eigenvalue weighted by atomic mass is 16.7. The minimum atomic E-state index is -1.57. The maximum Gasteiger partial charge on any atom is 0.220 e. The molecule has 0 aromatic rings. The smallest absolute Gasteiger partial charge is 0.220 e. The van der Waals surface area contributed by atoms with Gasteiger partial charge in [0, 0.05) is 6.42 Å². The summed E-state index contributed by atoms with van der Waals surface area (Å²) in [7, 11) is 0. The number of ether oxygens (including phenoxy) is 2. The van der Waals surface area contributed by atoms with E-state index >= 15 is 0 Å². The van der Waals surface area contributed by atoms with Crippen LogP contribution in [0.4, 0.5) is 0 Å². The van der Waals surface area contributed by atoms with E-state index in [0.717, 1.165) is 83.5 Å². The number of carbonyl (C=O) groups excluding carboxylic acids is 1. The van der Waals surface area contributed by atoms with Crippen LogP contribution in [0.2, 0.25) is 0 Å². The molecule has 0 aromatic carbocycles. The van der Waals surface area contributed by atoms with Crippen molar-refractivity contribution < 1.29 is 39.8 Å². The summed E-state index contributed by atoms with van der Waals surface area (Å²) in [5.41, 5.74) is 0. The number of nitrogens with one attached hydrogen (secondary N) is 1. The predicted molar refractivity (Wildman–Crippen MR) is 281 cm³/mol. The normalized spacial score (nSPS) is 20.3. The Bertz CT molecular complexity index is 1280. The van der Waals surface area contributed by atoms with Crippen LogP contribution >= 0.6 is 0 Å². The average molecular weight is 942 g/mol. The van der Waals surface area contributed by atoms with E-state index in [-0.39, 0.29) is 12.5 Å². The molecule has 1 aliphatic rings. The van der Waals surface area contributed by atoms with Gasteiger partial charge in [-0.3, -0.25) is 4.79 Å². The Morgan fingerprint density at radius 3 is 1.37 bits per heavy atom. The van der Waals surface area contributed by atoms with Gasteiger partial charge in [0.15, 0.2) is 6.29 Å². The van der Waals surface area contributed by atoms with Crippen molar-refractivity contribution in [3.63, 3.8) is 0 Å². The highest BCUT2D eigenvalue weighted by Crippen LogP contribution is 2.23. The van der Waals surface area contributed by atoms with Gasteiger partial charge in [-0.2, -0.15) is 0 Å². The molecule has 7 unspecified atom stereocenters. The molecule has 9 nitrogen and oxygen atoms in total. The first-order chi connectivity index (χ1) is 32.8. The molecule has 388 valence electrons. The van der Waals surface area contributed by atoms with Crippen LogP contribution in [0, 0.1) is 0 Å². The maximum absolute atomic E-state index is 13.0. The summed E-state index contributed by atoms with van der Waals surface area (Å²) in [6, 6.07) is -0.816. The summed E-state index contributed by atoms with van der Waals surface area (Å²) < 4.78 is 11.3. The zero-order valence-electron chi connectivity index (χ0n) is 42.9. The molecular formula is C58H103NO8. The molecule has 1 amide bonds. The van der Waals surface area contributed by atoms with Crippen LogP contribution in [0.25, 0.3) is 0 Å². The summed E-state index contributed by atoms with van der Waals surface area (Å²) in [5.74, 6) is -0.189. The molecule has 0 aromatic heterocycles. The Morgan fingerprint density at radius 1 is 0.522 bits per heavy atom. The summed E-state index contributed by atoms with van der Waals surface area (Å²) in [4.78, 5) is 13.0. The second kappa shape index (κ2) is 47.3. The van der Waals surface area contributed by atoms with Crippen LogP contribution < -0.4 is 5.32 Å². The van der Waals surface area contributed by atoms with Crippen LogP contribution in [0.1, 0.15) is 232 Å². The van der Waals surface area contributed by atoms with Crippen molar-refractivity contribution in [2.75, 3.05) is 13.2 Å². The standard InChI is InChI=1S/C58H103NO8/c1-3-5-7-9-11-13-15-17-19-21-23-25-26-28-30-32-34-36-38-40-42-44-46-48-54(62)59-51(50-66-58-57(65)56(64)55(63)53(49-60)67-58)52(61)47-45-43-41-39-37-35-33-31-29-27-24-22-20-18-16-14-12-10-8-6-4-2/h5,7,11,13,17,19,23,25,28,30,45,47,51-53,55-58,60-61,63-65H,3-4,6,8-10,12,14-16,18,20-22,24,26-27,29,31-44,46,48-50H2,1-2H3,(H,59,62)/b7-5-,13-11-,19-17-,25-23-,30-28-,47-45+. The van der Waals surface area contributed by atoms with Crippen molar-refractivity contribution >= 4 is 5.91 Å². The Morgan fingerprint density at radius 2 is 0.925 bits per heavy atom. The van der Waals surface area contributed by atoms with Gasteiger partial charge in [-0.05, 0) is 64.2 Å². The third-order valence-corrected chi connectivity index (χ3v) is 12.8. The Labute approximate surface area is 410 Å². The van der Waals surface area contributed by atoms with E-state index in [1.165, 1.54) is 128 Å². The number of rotatable bonds is 46. The topological polar surface area (TPSA) is 149 Å². The molecule has 1 rings (SSSR count). The Hall–Kier alpha value is -2.37. The van der Waals surface area contributed by atoms with E-state index in [1.807, 2.05) is 6.08 Å². The molecular weight excluding hydrogens is 839 g/mol. The number of amides is 1. The van der Waals surface area contributed by atoms with E-state index in [1.54, 1.807) is 6.08 Å². The van der Waals surface area contributed by atoms with Crippen LogP contribution in [0.5, 0.6) is 0 Å². The molecule has 1 fully saturated rings. The monoisotopic (exact) mass is 942 g/mol. The largest absolute Gasteiger partial charge is 0.394 e. The SMILES string of the molecule is CC/C=C\C/C=C\C/C=C\C/C=C\C/C=C\CCCCCCCCCC(=O)NC(COC1OC(CO)C(O)C(O)C1O)C(O)/C=C/CCCCCCCCCCCCCCCCCCCCC. The lowest BCUT2D eigenvalue weighted by Gasteiger charge is -2.40. The van der Waals surface area contributed by atoms with Crippen LogP contribution in [-0.2, 0) is 14.3 Å². The summed E-state index contributed by atoms with van der Waals surface area (Å²) in [6.45, 7) is 3.67. The van der Waals surface area contributed by atoms with Crippen molar-refractivity contribution in [1.82, 2.24) is 5.32 Å². The van der Waals surface area contributed by atoms with Gasteiger partial charge in [-0.15, -0.1) is 0 Å². The fraction of sp³-hybridized carbons (Fsp3) is 0.776. The molecule has 0 bridgehead atoms. The zero-order valence-corrected chi connectivity index (χ0v) is 42.9. The number of hydrogen-bond donors (Lipinski definition) is 6. The summed E-state index contributed by atoms with van der Waals surface area (Å²) in [5, 5.41) is 54.5. The third-order valence-electron chi connectivity index (χ3n) is 12.8. The van der Waals surface area contributed by atoms with Gasteiger partial charge < -0.3 is 40.3 Å². The van der Waals surface area contributed by atoms with Crippen molar-refractivity contribution in [2.24, 2.45) is 0 Å². The molecule has 67 heavy (non-hydrogen) atoms. The van der Waals surface area contributed by atoms with Gasteiger partial charge in [-0.25, -0.2) is 0 Å². The summed E-state index contributed by atoms with van der Waals surface area (Å²) >= 11 is 0. The predicted octanol–water partition coefficient (Wildman–Crippen LogP) is 13.3. The molecule has 0 radical (unpaired) electrons. The third kappa shape index (κ3) is 37.2. The number of carbonyl (C=O) groups is 1. The van der Waals surface area contributed by atoms with E-state index in [2.05, 4.69) is 79.9 Å². The second-order valence-electron chi connectivity index (χ2n) is 19.0. The van der Waals surface area contributed by atoms with Gasteiger partial charge >= 0.3 is 0 Å². The van der Waals surface area contributed by atoms with Crippen molar-refractivity contribution in [1.29, 1.82) is 0 Å². The van der Waals surface area contributed by atoms with E-state index in [9.17, 15) is 30.3 Å². The van der Waals surface area contributed by atoms with Crippen molar-refractivity contribution in [3.05, 3.63) is 72.9 Å². The molecule has 9 heteroatoms. The van der Waals surface area contributed by atoms with Gasteiger partial charge in [0.1, 0.15) is 24.4 Å².